The Morgan fingerprint density at radius 2 is 2.04 bits per heavy atom. The number of likely N-dealkylation sites (N-methyl/N-ethyl adjacent to an activating group) is 1. The molecular formula is C18H18N6O3. The number of benzene rings is 1. The largest absolute Gasteiger partial charge is 0.486 e. The number of carbonyl (C=O) groups excluding carboxylic acids is 1. The Bertz CT molecular complexity index is 1010. The van der Waals surface area contributed by atoms with Crippen molar-refractivity contribution < 1.29 is 14.3 Å². The molecule has 0 aliphatic carbocycles. The average molecular weight is 366 g/mol. The van der Waals surface area contributed by atoms with Gasteiger partial charge in [-0.25, -0.2) is 0 Å². The van der Waals surface area contributed by atoms with Crippen molar-refractivity contribution >= 4 is 17.4 Å². The fraction of sp³-hybridized carbons (Fsp3) is 0.333. The van der Waals surface area contributed by atoms with Gasteiger partial charge in [-0.15, -0.1) is 15.3 Å². The zero-order valence-corrected chi connectivity index (χ0v) is 14.8. The van der Waals surface area contributed by atoms with Crippen LogP contribution in [0.4, 0.5) is 5.82 Å². The summed E-state index contributed by atoms with van der Waals surface area (Å²) in [5, 5.41) is 12.3. The number of nitrogens with zero attached hydrogens (tertiary/aromatic N) is 6. The van der Waals surface area contributed by atoms with Gasteiger partial charge in [-0.05, 0) is 24.3 Å². The third kappa shape index (κ3) is 2.62. The van der Waals surface area contributed by atoms with Gasteiger partial charge in [-0.3, -0.25) is 4.79 Å². The van der Waals surface area contributed by atoms with Crippen LogP contribution in [0.3, 0.4) is 0 Å². The third-order valence-corrected chi connectivity index (χ3v) is 5.00. The molecule has 2 aliphatic rings. The lowest BCUT2D eigenvalue weighted by Gasteiger charge is -2.44. The van der Waals surface area contributed by atoms with Gasteiger partial charge in [-0.2, -0.15) is 4.52 Å². The molecule has 0 N–H and O–H groups in total. The van der Waals surface area contributed by atoms with Crippen LogP contribution in [0.1, 0.15) is 10.4 Å². The summed E-state index contributed by atoms with van der Waals surface area (Å²) in [4.78, 5) is 16.9. The van der Waals surface area contributed by atoms with Crippen molar-refractivity contribution in [3.05, 3.63) is 42.2 Å². The Balaban J connectivity index is 1.30. The maximum atomic E-state index is 13.0. The SMILES string of the molecule is CN(C(=O)c1cccc2c1OCCO2)C1CN(c2ccc3nncn3n2)C1. The van der Waals surface area contributed by atoms with E-state index >= 15 is 0 Å². The molecule has 1 fully saturated rings. The van der Waals surface area contributed by atoms with Crippen LogP contribution < -0.4 is 14.4 Å². The van der Waals surface area contributed by atoms with Gasteiger partial charge in [0.25, 0.3) is 5.91 Å². The summed E-state index contributed by atoms with van der Waals surface area (Å²) in [6.45, 7) is 2.39. The molecule has 9 nitrogen and oxygen atoms in total. The van der Waals surface area contributed by atoms with Gasteiger partial charge in [0.05, 0.1) is 11.6 Å². The molecule has 3 aromatic rings. The molecule has 1 aromatic carbocycles. The lowest BCUT2D eigenvalue weighted by Crippen LogP contribution is -2.60. The van der Waals surface area contributed by atoms with Crippen molar-refractivity contribution in [1.82, 2.24) is 24.7 Å². The molecule has 9 heteroatoms. The van der Waals surface area contributed by atoms with Crippen LogP contribution in [0.15, 0.2) is 36.7 Å². The number of anilines is 1. The molecule has 2 aliphatic heterocycles. The second kappa shape index (κ2) is 6.11. The number of hydrogen-bond acceptors (Lipinski definition) is 7. The second-order valence-electron chi connectivity index (χ2n) is 6.63. The molecule has 0 spiro atoms. The van der Waals surface area contributed by atoms with E-state index in [2.05, 4.69) is 20.2 Å². The van der Waals surface area contributed by atoms with Gasteiger partial charge in [-0.1, -0.05) is 6.07 Å². The maximum Gasteiger partial charge on any atom is 0.257 e. The van der Waals surface area contributed by atoms with Gasteiger partial charge in [0.2, 0.25) is 0 Å². The van der Waals surface area contributed by atoms with Crippen molar-refractivity contribution in [3.8, 4) is 11.5 Å². The maximum absolute atomic E-state index is 13.0. The number of carbonyl (C=O) groups is 1. The Morgan fingerprint density at radius 1 is 1.19 bits per heavy atom. The molecule has 5 rings (SSSR count). The topological polar surface area (TPSA) is 85.1 Å². The van der Waals surface area contributed by atoms with Crippen LogP contribution in [-0.4, -0.2) is 70.0 Å². The van der Waals surface area contributed by atoms with Gasteiger partial charge in [0.15, 0.2) is 17.1 Å². The van der Waals surface area contributed by atoms with E-state index < -0.39 is 0 Å². The van der Waals surface area contributed by atoms with Gasteiger partial charge in [0, 0.05) is 20.1 Å². The fourth-order valence-electron chi connectivity index (χ4n) is 3.37. The predicted octanol–water partition coefficient (Wildman–Crippen LogP) is 0.856. The van der Waals surface area contributed by atoms with Crippen molar-refractivity contribution in [2.24, 2.45) is 0 Å². The molecule has 0 radical (unpaired) electrons. The average Bonchev–Trinajstić information content (AvgIpc) is 3.13. The van der Waals surface area contributed by atoms with E-state index in [9.17, 15) is 4.79 Å². The number of ether oxygens (including phenoxy) is 2. The second-order valence-corrected chi connectivity index (χ2v) is 6.63. The predicted molar refractivity (Wildman–Crippen MR) is 96.3 cm³/mol. The number of amides is 1. The summed E-state index contributed by atoms with van der Waals surface area (Å²) in [6.07, 6.45) is 1.58. The quantitative estimate of drug-likeness (QED) is 0.679. The molecule has 27 heavy (non-hydrogen) atoms. The fourth-order valence-corrected chi connectivity index (χ4v) is 3.37. The highest BCUT2D eigenvalue weighted by Crippen LogP contribution is 2.34. The molecular weight excluding hydrogens is 348 g/mol. The first-order valence-electron chi connectivity index (χ1n) is 8.78. The Hall–Kier alpha value is -3.36. The van der Waals surface area contributed by atoms with Crippen molar-refractivity contribution in [2.75, 3.05) is 38.3 Å². The minimum atomic E-state index is -0.0655. The highest BCUT2D eigenvalue weighted by atomic mass is 16.6. The number of aromatic nitrogens is 4. The molecule has 1 amide bonds. The van der Waals surface area contributed by atoms with E-state index in [-0.39, 0.29) is 11.9 Å². The van der Waals surface area contributed by atoms with E-state index in [1.165, 1.54) is 0 Å². The molecule has 0 bridgehead atoms. The summed E-state index contributed by atoms with van der Waals surface area (Å²) in [6, 6.07) is 9.33. The summed E-state index contributed by atoms with van der Waals surface area (Å²) < 4.78 is 12.9. The Kier molecular flexibility index (Phi) is 3.59. The lowest BCUT2D eigenvalue weighted by molar-refractivity contribution is 0.0695. The minimum Gasteiger partial charge on any atom is -0.486 e. The zero-order valence-electron chi connectivity index (χ0n) is 14.8. The molecule has 138 valence electrons. The van der Waals surface area contributed by atoms with Crippen molar-refractivity contribution in [1.29, 1.82) is 0 Å². The molecule has 0 unspecified atom stereocenters. The Morgan fingerprint density at radius 3 is 2.93 bits per heavy atom. The number of para-hydroxylation sites is 1. The summed E-state index contributed by atoms with van der Waals surface area (Å²) >= 11 is 0. The van der Waals surface area contributed by atoms with Crippen molar-refractivity contribution in [3.63, 3.8) is 0 Å². The Labute approximate surface area is 155 Å². The van der Waals surface area contributed by atoms with E-state index in [4.69, 9.17) is 9.47 Å². The molecule has 2 aromatic heterocycles. The van der Waals surface area contributed by atoms with Crippen LogP contribution in [0.5, 0.6) is 11.5 Å². The van der Waals surface area contributed by atoms with E-state index in [0.717, 1.165) is 18.9 Å². The van der Waals surface area contributed by atoms with E-state index in [1.54, 1.807) is 21.8 Å². The van der Waals surface area contributed by atoms with Crippen LogP contribution in [0.25, 0.3) is 5.65 Å². The van der Waals surface area contributed by atoms with E-state index in [0.29, 0.717) is 35.9 Å². The van der Waals surface area contributed by atoms with Gasteiger partial charge < -0.3 is 19.3 Å². The first kappa shape index (κ1) is 15.9. The molecule has 4 heterocycles. The summed E-state index contributed by atoms with van der Waals surface area (Å²) in [5.74, 6) is 1.94. The highest BCUT2D eigenvalue weighted by molar-refractivity contribution is 5.98. The van der Waals surface area contributed by atoms with Gasteiger partial charge in [0.1, 0.15) is 25.4 Å². The van der Waals surface area contributed by atoms with Gasteiger partial charge >= 0.3 is 0 Å². The molecule has 0 saturated carbocycles. The van der Waals surface area contributed by atoms with Crippen molar-refractivity contribution in [2.45, 2.75) is 6.04 Å². The monoisotopic (exact) mass is 366 g/mol. The first-order chi connectivity index (χ1) is 13.2. The standard InChI is InChI=1S/C18H18N6O3/c1-22(18(25)13-3-2-4-14-17(13)27-8-7-26-14)12-9-23(10-12)16-6-5-15-20-19-11-24(15)21-16/h2-6,11-12H,7-10H2,1H3. The first-order valence-corrected chi connectivity index (χ1v) is 8.78. The third-order valence-electron chi connectivity index (χ3n) is 5.00. The minimum absolute atomic E-state index is 0.0655. The van der Waals surface area contributed by atoms with E-state index in [1.807, 2.05) is 31.3 Å². The number of hydrogen-bond donors (Lipinski definition) is 0. The zero-order chi connectivity index (χ0) is 18.4. The van der Waals surface area contributed by atoms with Crippen LogP contribution in [-0.2, 0) is 0 Å². The van der Waals surface area contributed by atoms with Crippen LogP contribution >= 0.6 is 0 Å². The highest BCUT2D eigenvalue weighted by Gasteiger charge is 2.35. The number of fused-ring (bicyclic) bond motifs is 2. The smallest absolute Gasteiger partial charge is 0.257 e. The summed E-state index contributed by atoms with van der Waals surface area (Å²) in [7, 11) is 1.82. The van der Waals surface area contributed by atoms with Crippen LogP contribution in [0.2, 0.25) is 0 Å². The lowest BCUT2D eigenvalue weighted by atomic mass is 10.1. The van der Waals surface area contributed by atoms with Crippen LogP contribution in [0, 0.1) is 0 Å². The summed E-state index contributed by atoms with van der Waals surface area (Å²) in [5.41, 5.74) is 1.25. The molecule has 1 saturated heterocycles. The normalized spacial score (nSPS) is 16.3. The molecule has 0 atom stereocenters. The number of rotatable bonds is 3.